The lowest BCUT2D eigenvalue weighted by Crippen LogP contribution is -2.44. The molecule has 132 valence electrons. The monoisotopic (exact) mass is 339 g/mol. The molecule has 2 aromatic rings. The average Bonchev–Trinajstić information content (AvgIpc) is 3.17. The average molecular weight is 339 g/mol. The third kappa shape index (κ3) is 4.16. The zero-order chi connectivity index (χ0) is 17.6. The van der Waals surface area contributed by atoms with Gasteiger partial charge < -0.3 is 9.64 Å². The molecule has 1 aromatic carbocycles. The van der Waals surface area contributed by atoms with Crippen molar-refractivity contribution < 1.29 is 9.53 Å². The van der Waals surface area contributed by atoms with Crippen molar-refractivity contribution in [1.29, 1.82) is 0 Å². The Balaban J connectivity index is 1.81. The van der Waals surface area contributed by atoms with Gasteiger partial charge in [-0.15, -0.1) is 0 Å². The van der Waals surface area contributed by atoms with E-state index < -0.39 is 0 Å². The molecule has 25 heavy (non-hydrogen) atoms. The van der Waals surface area contributed by atoms with Gasteiger partial charge in [0.25, 0.3) is 5.91 Å². The van der Waals surface area contributed by atoms with Crippen molar-refractivity contribution in [3.63, 3.8) is 0 Å². The van der Waals surface area contributed by atoms with Gasteiger partial charge in [0.2, 0.25) is 0 Å². The van der Waals surface area contributed by atoms with Crippen molar-refractivity contribution in [2.75, 3.05) is 0 Å². The standard InChI is InChI=1S/C20H25N3O2/c1-3-15(2)23(17-9-4-5-10-17)19(24)16-8-6-11-18(14-16)25-20-21-12-7-13-22-20/h6-8,11-15,17H,3-5,9-10H2,1-2H3/t15-/m1/s1. The summed E-state index contributed by atoms with van der Waals surface area (Å²) in [7, 11) is 0. The van der Waals surface area contributed by atoms with Crippen LogP contribution in [0.5, 0.6) is 11.8 Å². The molecule has 1 aromatic heterocycles. The fourth-order valence-corrected chi connectivity index (χ4v) is 3.39. The van der Waals surface area contributed by atoms with Gasteiger partial charge in [-0.3, -0.25) is 4.79 Å². The van der Waals surface area contributed by atoms with Gasteiger partial charge in [0.1, 0.15) is 5.75 Å². The van der Waals surface area contributed by atoms with Gasteiger partial charge in [-0.2, -0.15) is 0 Å². The van der Waals surface area contributed by atoms with Crippen LogP contribution in [0.4, 0.5) is 0 Å². The molecule has 0 bridgehead atoms. The van der Waals surface area contributed by atoms with E-state index >= 15 is 0 Å². The number of amides is 1. The van der Waals surface area contributed by atoms with E-state index in [0.29, 0.717) is 17.4 Å². The van der Waals surface area contributed by atoms with E-state index in [1.165, 1.54) is 12.8 Å². The van der Waals surface area contributed by atoms with E-state index in [9.17, 15) is 4.79 Å². The summed E-state index contributed by atoms with van der Waals surface area (Å²) in [4.78, 5) is 23.4. The Hall–Kier alpha value is -2.43. The van der Waals surface area contributed by atoms with Gasteiger partial charge in [0.15, 0.2) is 0 Å². The summed E-state index contributed by atoms with van der Waals surface area (Å²) in [5.41, 5.74) is 0.653. The Labute approximate surface area is 149 Å². The summed E-state index contributed by atoms with van der Waals surface area (Å²) in [5.74, 6) is 0.660. The third-order valence-electron chi connectivity index (χ3n) is 4.85. The number of benzene rings is 1. The summed E-state index contributed by atoms with van der Waals surface area (Å²) in [6.07, 6.45) is 8.83. The molecule has 1 aliphatic rings. The summed E-state index contributed by atoms with van der Waals surface area (Å²) >= 11 is 0. The molecule has 1 aliphatic carbocycles. The first-order valence-corrected chi connectivity index (χ1v) is 9.06. The Bertz CT molecular complexity index is 699. The van der Waals surface area contributed by atoms with E-state index in [1.54, 1.807) is 24.5 Å². The predicted molar refractivity (Wildman–Crippen MR) is 96.7 cm³/mol. The molecule has 0 N–H and O–H groups in total. The van der Waals surface area contributed by atoms with Crippen LogP contribution in [-0.2, 0) is 0 Å². The molecule has 1 atom stereocenters. The fraction of sp³-hybridized carbons (Fsp3) is 0.450. The predicted octanol–water partition coefficient (Wildman–Crippen LogP) is 4.45. The van der Waals surface area contributed by atoms with E-state index in [1.807, 2.05) is 18.2 Å². The van der Waals surface area contributed by atoms with E-state index in [4.69, 9.17) is 4.74 Å². The van der Waals surface area contributed by atoms with Gasteiger partial charge in [0.05, 0.1) is 0 Å². The van der Waals surface area contributed by atoms with Gasteiger partial charge in [-0.05, 0) is 50.5 Å². The molecule has 0 saturated heterocycles. The molecule has 1 fully saturated rings. The molecule has 0 unspecified atom stereocenters. The van der Waals surface area contributed by atoms with Crippen LogP contribution >= 0.6 is 0 Å². The fourth-order valence-electron chi connectivity index (χ4n) is 3.39. The highest BCUT2D eigenvalue weighted by molar-refractivity contribution is 5.95. The van der Waals surface area contributed by atoms with E-state index in [2.05, 4.69) is 28.7 Å². The second-order valence-corrected chi connectivity index (χ2v) is 6.57. The van der Waals surface area contributed by atoms with E-state index in [-0.39, 0.29) is 18.0 Å². The molecular weight excluding hydrogens is 314 g/mol. The lowest BCUT2D eigenvalue weighted by Gasteiger charge is -2.34. The van der Waals surface area contributed by atoms with Gasteiger partial charge in [0, 0.05) is 30.0 Å². The molecule has 0 radical (unpaired) electrons. The normalized spacial score (nSPS) is 15.8. The van der Waals surface area contributed by atoms with Crippen LogP contribution in [0.2, 0.25) is 0 Å². The SMILES string of the molecule is CC[C@@H](C)N(C(=O)c1cccc(Oc2ncccn2)c1)C1CCCC1. The maximum Gasteiger partial charge on any atom is 0.321 e. The Morgan fingerprint density at radius 1 is 1.24 bits per heavy atom. The van der Waals surface area contributed by atoms with Crippen molar-refractivity contribution in [2.24, 2.45) is 0 Å². The minimum atomic E-state index is 0.0840. The Kier molecular flexibility index (Phi) is 5.64. The maximum absolute atomic E-state index is 13.2. The first kappa shape index (κ1) is 17.4. The molecule has 1 heterocycles. The number of ether oxygens (including phenoxy) is 1. The molecule has 1 saturated carbocycles. The van der Waals surface area contributed by atoms with E-state index in [0.717, 1.165) is 19.3 Å². The maximum atomic E-state index is 13.2. The number of aromatic nitrogens is 2. The highest BCUT2D eigenvalue weighted by Gasteiger charge is 2.30. The first-order chi connectivity index (χ1) is 12.2. The third-order valence-corrected chi connectivity index (χ3v) is 4.85. The number of hydrogen-bond donors (Lipinski definition) is 0. The molecule has 3 rings (SSSR count). The Morgan fingerprint density at radius 3 is 2.64 bits per heavy atom. The van der Waals surface area contributed by atoms with Crippen LogP contribution in [-0.4, -0.2) is 32.9 Å². The van der Waals surface area contributed by atoms with Gasteiger partial charge >= 0.3 is 6.01 Å². The summed E-state index contributed by atoms with van der Waals surface area (Å²) < 4.78 is 5.67. The summed E-state index contributed by atoms with van der Waals surface area (Å²) in [6, 6.07) is 9.89. The van der Waals surface area contributed by atoms with Crippen molar-refractivity contribution in [3.05, 3.63) is 48.3 Å². The first-order valence-electron chi connectivity index (χ1n) is 9.06. The summed E-state index contributed by atoms with van der Waals surface area (Å²) in [5, 5.41) is 0. The van der Waals surface area contributed by atoms with Crippen molar-refractivity contribution in [3.8, 4) is 11.8 Å². The van der Waals surface area contributed by atoms with Crippen LogP contribution < -0.4 is 4.74 Å². The lowest BCUT2D eigenvalue weighted by molar-refractivity contribution is 0.0589. The number of nitrogens with zero attached hydrogens (tertiary/aromatic N) is 3. The molecule has 5 nitrogen and oxygen atoms in total. The number of hydrogen-bond acceptors (Lipinski definition) is 4. The minimum absolute atomic E-state index is 0.0840. The summed E-state index contributed by atoms with van der Waals surface area (Å²) in [6.45, 7) is 4.26. The smallest absolute Gasteiger partial charge is 0.321 e. The molecular formula is C20H25N3O2. The number of rotatable bonds is 6. The minimum Gasteiger partial charge on any atom is -0.424 e. The van der Waals surface area contributed by atoms with Crippen LogP contribution in [0.25, 0.3) is 0 Å². The number of carbonyl (C=O) groups is 1. The largest absolute Gasteiger partial charge is 0.424 e. The quantitative estimate of drug-likeness (QED) is 0.780. The van der Waals surface area contributed by atoms with Crippen LogP contribution in [0, 0.1) is 0 Å². The molecule has 1 amide bonds. The van der Waals surface area contributed by atoms with Crippen LogP contribution in [0.15, 0.2) is 42.7 Å². The lowest BCUT2D eigenvalue weighted by atomic mass is 10.1. The second-order valence-electron chi connectivity index (χ2n) is 6.57. The molecule has 5 heteroatoms. The number of carbonyl (C=O) groups excluding carboxylic acids is 1. The highest BCUT2D eigenvalue weighted by atomic mass is 16.5. The highest BCUT2D eigenvalue weighted by Crippen LogP contribution is 2.28. The van der Waals surface area contributed by atoms with Crippen LogP contribution in [0.3, 0.4) is 0 Å². The van der Waals surface area contributed by atoms with Gasteiger partial charge in [-0.25, -0.2) is 9.97 Å². The van der Waals surface area contributed by atoms with Crippen molar-refractivity contribution in [2.45, 2.75) is 58.0 Å². The zero-order valence-corrected chi connectivity index (χ0v) is 14.9. The zero-order valence-electron chi connectivity index (χ0n) is 14.9. The van der Waals surface area contributed by atoms with Crippen molar-refractivity contribution >= 4 is 5.91 Å². The second kappa shape index (κ2) is 8.10. The molecule has 0 aliphatic heterocycles. The van der Waals surface area contributed by atoms with Crippen LogP contribution in [0.1, 0.15) is 56.3 Å². The topological polar surface area (TPSA) is 55.3 Å². The van der Waals surface area contributed by atoms with Gasteiger partial charge in [-0.1, -0.05) is 25.8 Å². The van der Waals surface area contributed by atoms with Crippen molar-refractivity contribution in [1.82, 2.24) is 14.9 Å². The molecule has 0 spiro atoms. The Morgan fingerprint density at radius 2 is 1.96 bits per heavy atom.